The number of carbonyl (C=O) groups is 3. The second-order valence-corrected chi connectivity index (χ2v) is 4.25. The van der Waals surface area contributed by atoms with Gasteiger partial charge in [0.2, 0.25) is 0 Å². The topological polar surface area (TPSA) is 80.7 Å². The molecule has 4 unspecified atom stereocenters. The number of carboxylic acid groups (broad SMARTS) is 1. The number of hydrogen-bond acceptors (Lipinski definition) is 4. The van der Waals surface area contributed by atoms with Crippen LogP contribution in [-0.4, -0.2) is 23.0 Å². The quantitative estimate of drug-likeness (QED) is 0.503. The normalized spacial score (nSPS) is 39.8. The molecule has 0 aromatic rings. The summed E-state index contributed by atoms with van der Waals surface area (Å²) in [6.45, 7) is 1.70. The highest BCUT2D eigenvalue weighted by Gasteiger charge is 2.52. The van der Waals surface area contributed by atoms with E-state index in [9.17, 15) is 14.4 Å². The maximum atomic E-state index is 11.4. The average Bonchev–Trinajstić information content (AvgIpc) is 2.43. The summed E-state index contributed by atoms with van der Waals surface area (Å²) in [4.78, 5) is 33.5. The third kappa shape index (κ3) is 1.42. The second-order valence-electron chi connectivity index (χ2n) is 4.25. The molecule has 0 radical (unpaired) electrons. The SMILES string of the molecule is CC1C(C(=O)O)CCC2C(=O)OC(=O)C21. The van der Waals surface area contributed by atoms with Crippen molar-refractivity contribution in [3.8, 4) is 0 Å². The number of ether oxygens (including phenoxy) is 1. The van der Waals surface area contributed by atoms with E-state index in [2.05, 4.69) is 4.74 Å². The fourth-order valence-electron chi connectivity index (χ4n) is 2.65. The standard InChI is InChI=1S/C10H12O5/c1-4-5(8(11)12)2-3-6-7(4)10(14)15-9(6)13/h4-7H,2-3H2,1H3,(H,11,12). The summed E-state index contributed by atoms with van der Waals surface area (Å²) in [5, 5.41) is 8.94. The van der Waals surface area contributed by atoms with Crippen LogP contribution in [0.25, 0.3) is 0 Å². The molecule has 0 spiro atoms. The van der Waals surface area contributed by atoms with Gasteiger partial charge in [0.15, 0.2) is 0 Å². The van der Waals surface area contributed by atoms with E-state index in [-0.39, 0.29) is 5.92 Å². The number of hydrogen-bond donors (Lipinski definition) is 1. The van der Waals surface area contributed by atoms with Crippen molar-refractivity contribution >= 4 is 17.9 Å². The van der Waals surface area contributed by atoms with Gasteiger partial charge in [0, 0.05) is 0 Å². The summed E-state index contributed by atoms with van der Waals surface area (Å²) in [5.41, 5.74) is 0. The van der Waals surface area contributed by atoms with Crippen LogP contribution in [0.2, 0.25) is 0 Å². The van der Waals surface area contributed by atoms with E-state index in [0.29, 0.717) is 12.8 Å². The van der Waals surface area contributed by atoms with Gasteiger partial charge in [-0.25, -0.2) is 0 Å². The van der Waals surface area contributed by atoms with E-state index < -0.39 is 35.7 Å². The van der Waals surface area contributed by atoms with Crippen LogP contribution in [0, 0.1) is 23.7 Å². The molecule has 5 nitrogen and oxygen atoms in total. The highest BCUT2D eigenvalue weighted by molar-refractivity contribution is 5.97. The first-order valence-electron chi connectivity index (χ1n) is 5.00. The third-order valence-corrected chi connectivity index (χ3v) is 3.52. The summed E-state index contributed by atoms with van der Waals surface area (Å²) in [6.07, 6.45) is 0.886. The third-order valence-electron chi connectivity index (χ3n) is 3.52. The van der Waals surface area contributed by atoms with Gasteiger partial charge in [0.1, 0.15) is 0 Å². The van der Waals surface area contributed by atoms with Crippen LogP contribution in [-0.2, 0) is 19.1 Å². The van der Waals surface area contributed by atoms with E-state index in [0.717, 1.165) is 0 Å². The second kappa shape index (κ2) is 3.32. The highest BCUT2D eigenvalue weighted by atomic mass is 16.6. The maximum Gasteiger partial charge on any atom is 0.317 e. The molecule has 2 rings (SSSR count). The molecule has 0 aromatic carbocycles. The Morgan fingerprint density at radius 1 is 1.33 bits per heavy atom. The number of rotatable bonds is 1. The molecular formula is C10H12O5. The molecule has 0 aromatic heterocycles. The van der Waals surface area contributed by atoms with Crippen LogP contribution in [0.15, 0.2) is 0 Å². The highest BCUT2D eigenvalue weighted by Crippen LogP contribution is 2.43. The van der Waals surface area contributed by atoms with Gasteiger partial charge in [-0.1, -0.05) is 6.92 Å². The Hall–Kier alpha value is -1.39. The monoisotopic (exact) mass is 212 g/mol. The van der Waals surface area contributed by atoms with Crippen molar-refractivity contribution in [3.05, 3.63) is 0 Å². The molecule has 2 aliphatic rings. The Balaban J connectivity index is 2.24. The zero-order valence-electron chi connectivity index (χ0n) is 8.30. The predicted molar refractivity (Wildman–Crippen MR) is 47.6 cm³/mol. The minimum atomic E-state index is -0.895. The molecule has 0 amide bonds. The molecule has 1 aliphatic carbocycles. The largest absolute Gasteiger partial charge is 0.481 e. The first kappa shape index (κ1) is 10.1. The summed E-state index contributed by atoms with van der Waals surface area (Å²) in [6, 6.07) is 0. The lowest BCUT2D eigenvalue weighted by Crippen LogP contribution is -2.38. The van der Waals surface area contributed by atoms with Gasteiger partial charge in [-0.05, 0) is 18.8 Å². The number of esters is 2. The Morgan fingerprint density at radius 2 is 2.00 bits per heavy atom. The molecule has 0 bridgehead atoms. The molecule has 1 heterocycles. The van der Waals surface area contributed by atoms with E-state index in [4.69, 9.17) is 5.11 Å². The van der Waals surface area contributed by atoms with Crippen molar-refractivity contribution in [2.75, 3.05) is 0 Å². The lowest BCUT2D eigenvalue weighted by molar-refractivity contribution is -0.154. The fourth-order valence-corrected chi connectivity index (χ4v) is 2.65. The first-order valence-corrected chi connectivity index (χ1v) is 5.00. The van der Waals surface area contributed by atoms with Crippen LogP contribution >= 0.6 is 0 Å². The molecule has 1 saturated heterocycles. The lowest BCUT2D eigenvalue weighted by atomic mass is 9.68. The smallest absolute Gasteiger partial charge is 0.317 e. The average molecular weight is 212 g/mol. The van der Waals surface area contributed by atoms with Crippen molar-refractivity contribution in [1.29, 1.82) is 0 Å². The zero-order chi connectivity index (χ0) is 11.2. The van der Waals surface area contributed by atoms with Gasteiger partial charge in [-0.2, -0.15) is 0 Å². The molecule has 82 valence electrons. The molecule has 2 fully saturated rings. The van der Waals surface area contributed by atoms with Crippen LogP contribution in [0.5, 0.6) is 0 Å². The van der Waals surface area contributed by atoms with Crippen molar-refractivity contribution in [2.24, 2.45) is 23.7 Å². The van der Waals surface area contributed by atoms with Gasteiger partial charge in [-0.15, -0.1) is 0 Å². The summed E-state index contributed by atoms with van der Waals surface area (Å²) in [7, 11) is 0. The molecule has 1 N–H and O–H groups in total. The molecule has 15 heavy (non-hydrogen) atoms. The fraction of sp³-hybridized carbons (Fsp3) is 0.700. The van der Waals surface area contributed by atoms with Crippen molar-refractivity contribution in [1.82, 2.24) is 0 Å². The van der Waals surface area contributed by atoms with Crippen LogP contribution in [0.3, 0.4) is 0 Å². The molecule has 1 saturated carbocycles. The number of aliphatic carboxylic acids is 1. The summed E-state index contributed by atoms with van der Waals surface area (Å²) >= 11 is 0. The number of fused-ring (bicyclic) bond motifs is 1. The van der Waals surface area contributed by atoms with E-state index in [1.807, 2.05) is 0 Å². The Kier molecular flexibility index (Phi) is 2.25. The minimum Gasteiger partial charge on any atom is -0.481 e. The molecule has 4 atom stereocenters. The lowest BCUT2D eigenvalue weighted by Gasteiger charge is -2.31. The van der Waals surface area contributed by atoms with Crippen molar-refractivity contribution in [2.45, 2.75) is 19.8 Å². The van der Waals surface area contributed by atoms with Crippen molar-refractivity contribution < 1.29 is 24.2 Å². The predicted octanol–water partition coefficient (Wildman–Crippen LogP) is 0.433. The van der Waals surface area contributed by atoms with E-state index >= 15 is 0 Å². The molecule has 1 aliphatic heterocycles. The maximum absolute atomic E-state index is 11.4. The molecule has 5 heteroatoms. The number of carboxylic acids is 1. The van der Waals surface area contributed by atoms with E-state index in [1.165, 1.54) is 0 Å². The number of cyclic esters (lactones) is 2. The van der Waals surface area contributed by atoms with Crippen LogP contribution in [0.4, 0.5) is 0 Å². The van der Waals surface area contributed by atoms with Crippen molar-refractivity contribution in [3.63, 3.8) is 0 Å². The van der Waals surface area contributed by atoms with Crippen LogP contribution < -0.4 is 0 Å². The first-order chi connectivity index (χ1) is 7.02. The number of carbonyl (C=O) groups excluding carboxylic acids is 2. The van der Waals surface area contributed by atoms with E-state index in [1.54, 1.807) is 6.92 Å². The Labute approximate surface area is 86.4 Å². The molecular weight excluding hydrogens is 200 g/mol. The Bertz CT molecular complexity index is 335. The van der Waals surface area contributed by atoms with Gasteiger partial charge in [0.05, 0.1) is 17.8 Å². The summed E-state index contributed by atoms with van der Waals surface area (Å²) in [5.74, 6) is -3.75. The van der Waals surface area contributed by atoms with Gasteiger partial charge < -0.3 is 9.84 Å². The summed E-state index contributed by atoms with van der Waals surface area (Å²) < 4.78 is 4.54. The Morgan fingerprint density at radius 3 is 2.60 bits per heavy atom. The van der Waals surface area contributed by atoms with Gasteiger partial charge in [0.25, 0.3) is 0 Å². The minimum absolute atomic E-state index is 0.319. The van der Waals surface area contributed by atoms with Gasteiger partial charge >= 0.3 is 17.9 Å². The zero-order valence-corrected chi connectivity index (χ0v) is 8.30. The van der Waals surface area contributed by atoms with Gasteiger partial charge in [-0.3, -0.25) is 14.4 Å². The van der Waals surface area contributed by atoms with Crippen LogP contribution in [0.1, 0.15) is 19.8 Å².